The summed E-state index contributed by atoms with van der Waals surface area (Å²) in [6, 6.07) is 12.3. The zero-order chi connectivity index (χ0) is 14.5. The van der Waals surface area contributed by atoms with Crippen LogP contribution in [0.25, 0.3) is 0 Å². The molecule has 0 saturated heterocycles. The maximum Gasteiger partial charge on any atom is 0.162 e. The number of likely N-dealkylation sites (N-methyl/N-ethyl adjacent to an activating group) is 1. The van der Waals surface area contributed by atoms with E-state index < -0.39 is 11.6 Å². The highest BCUT2D eigenvalue weighted by atomic mass is 19.2. The van der Waals surface area contributed by atoms with Gasteiger partial charge in [-0.15, -0.1) is 0 Å². The highest BCUT2D eigenvalue weighted by molar-refractivity contribution is 5.31. The van der Waals surface area contributed by atoms with Gasteiger partial charge >= 0.3 is 0 Å². The van der Waals surface area contributed by atoms with Crippen LogP contribution in [0.3, 0.4) is 0 Å². The Balaban J connectivity index is 2.31. The summed E-state index contributed by atoms with van der Waals surface area (Å²) in [6.07, 6.45) is 0.433. The fourth-order valence-electron chi connectivity index (χ4n) is 2.44. The normalized spacial score (nSPS) is 12.4. The zero-order valence-electron chi connectivity index (χ0n) is 11.8. The summed E-state index contributed by atoms with van der Waals surface area (Å²) >= 11 is 0. The Morgan fingerprint density at radius 3 is 2.50 bits per heavy atom. The van der Waals surface area contributed by atoms with Gasteiger partial charge in [0.1, 0.15) is 0 Å². The molecule has 0 fully saturated rings. The first kappa shape index (κ1) is 14.7. The van der Waals surface area contributed by atoms with Crippen molar-refractivity contribution in [2.24, 2.45) is 0 Å². The first-order chi connectivity index (χ1) is 9.63. The molecule has 106 valence electrons. The third-order valence-electron chi connectivity index (χ3n) is 3.47. The highest BCUT2D eigenvalue weighted by Crippen LogP contribution is 2.23. The number of hydrogen-bond donors (Lipinski definition) is 1. The van der Waals surface area contributed by atoms with Gasteiger partial charge < -0.3 is 5.32 Å². The fraction of sp³-hybridized carbons (Fsp3) is 0.294. The second-order valence-electron chi connectivity index (χ2n) is 4.88. The van der Waals surface area contributed by atoms with Crippen molar-refractivity contribution >= 4 is 0 Å². The Morgan fingerprint density at radius 2 is 1.80 bits per heavy atom. The number of halogens is 2. The minimum absolute atomic E-state index is 0.0162. The molecule has 0 aliphatic rings. The first-order valence-corrected chi connectivity index (χ1v) is 6.85. The van der Waals surface area contributed by atoms with Crippen LogP contribution in [-0.2, 0) is 6.42 Å². The Labute approximate surface area is 118 Å². The summed E-state index contributed by atoms with van der Waals surface area (Å²) < 4.78 is 27.1. The largest absolute Gasteiger partial charge is 0.310 e. The molecule has 0 aromatic heterocycles. The van der Waals surface area contributed by atoms with Crippen LogP contribution in [0.2, 0.25) is 0 Å². The summed E-state index contributed by atoms with van der Waals surface area (Å²) in [5, 5.41) is 3.35. The number of aryl methyl sites for hydroxylation is 1. The summed E-state index contributed by atoms with van der Waals surface area (Å²) in [7, 11) is 0. The standard InChI is InChI=1S/C17H19F2N/c1-3-20-16(14-9-5-4-7-12(14)2)11-13-8-6-10-15(18)17(13)19/h4-10,16,20H,3,11H2,1-2H3. The Kier molecular flexibility index (Phi) is 4.85. The van der Waals surface area contributed by atoms with Gasteiger partial charge in [0, 0.05) is 6.04 Å². The summed E-state index contributed by atoms with van der Waals surface area (Å²) in [6.45, 7) is 4.81. The van der Waals surface area contributed by atoms with E-state index in [0.29, 0.717) is 12.0 Å². The van der Waals surface area contributed by atoms with Crippen LogP contribution in [-0.4, -0.2) is 6.54 Å². The molecule has 1 unspecified atom stereocenters. The second-order valence-corrected chi connectivity index (χ2v) is 4.88. The van der Waals surface area contributed by atoms with Gasteiger partial charge in [-0.1, -0.05) is 43.3 Å². The van der Waals surface area contributed by atoms with E-state index in [0.717, 1.165) is 23.7 Å². The number of nitrogens with one attached hydrogen (secondary N) is 1. The van der Waals surface area contributed by atoms with Crippen LogP contribution in [0.1, 0.15) is 29.7 Å². The molecule has 0 bridgehead atoms. The summed E-state index contributed by atoms with van der Waals surface area (Å²) in [4.78, 5) is 0. The highest BCUT2D eigenvalue weighted by Gasteiger charge is 2.16. The quantitative estimate of drug-likeness (QED) is 0.863. The van der Waals surface area contributed by atoms with Crippen LogP contribution in [0.4, 0.5) is 8.78 Å². The van der Waals surface area contributed by atoms with Gasteiger partial charge in [-0.2, -0.15) is 0 Å². The molecule has 0 radical (unpaired) electrons. The molecule has 1 N–H and O–H groups in total. The van der Waals surface area contributed by atoms with Crippen molar-refractivity contribution in [1.29, 1.82) is 0 Å². The van der Waals surface area contributed by atoms with Crippen molar-refractivity contribution in [2.75, 3.05) is 6.54 Å². The minimum atomic E-state index is -0.789. The zero-order valence-corrected chi connectivity index (χ0v) is 11.8. The third-order valence-corrected chi connectivity index (χ3v) is 3.47. The molecule has 0 saturated carbocycles. The van der Waals surface area contributed by atoms with E-state index in [-0.39, 0.29) is 6.04 Å². The maximum absolute atomic E-state index is 13.8. The molecular formula is C17H19F2N. The third kappa shape index (κ3) is 3.23. The molecule has 2 aromatic rings. The topological polar surface area (TPSA) is 12.0 Å². The smallest absolute Gasteiger partial charge is 0.162 e. The van der Waals surface area contributed by atoms with Gasteiger partial charge in [0.15, 0.2) is 11.6 Å². The predicted octanol–water partition coefficient (Wildman–Crippen LogP) is 4.17. The molecule has 0 heterocycles. The van der Waals surface area contributed by atoms with E-state index in [1.807, 2.05) is 38.1 Å². The van der Waals surface area contributed by atoms with Crippen molar-refractivity contribution in [3.63, 3.8) is 0 Å². The molecule has 0 aliphatic carbocycles. The Morgan fingerprint density at radius 1 is 1.05 bits per heavy atom. The molecule has 2 aromatic carbocycles. The molecular weight excluding hydrogens is 256 g/mol. The van der Waals surface area contributed by atoms with Crippen molar-refractivity contribution in [2.45, 2.75) is 26.3 Å². The molecule has 3 heteroatoms. The number of hydrogen-bond acceptors (Lipinski definition) is 1. The van der Waals surface area contributed by atoms with Crippen LogP contribution >= 0.6 is 0 Å². The number of rotatable bonds is 5. The fourth-order valence-corrected chi connectivity index (χ4v) is 2.44. The van der Waals surface area contributed by atoms with Crippen LogP contribution < -0.4 is 5.32 Å². The lowest BCUT2D eigenvalue weighted by molar-refractivity contribution is 0.480. The van der Waals surface area contributed by atoms with Gasteiger partial charge in [0.2, 0.25) is 0 Å². The molecule has 0 aliphatic heterocycles. The van der Waals surface area contributed by atoms with Crippen molar-refractivity contribution in [3.8, 4) is 0 Å². The van der Waals surface area contributed by atoms with E-state index in [1.165, 1.54) is 0 Å². The van der Waals surface area contributed by atoms with Gasteiger partial charge in [0.25, 0.3) is 0 Å². The molecule has 2 rings (SSSR count). The van der Waals surface area contributed by atoms with E-state index in [4.69, 9.17) is 0 Å². The van der Waals surface area contributed by atoms with Gasteiger partial charge in [-0.25, -0.2) is 8.78 Å². The lowest BCUT2D eigenvalue weighted by Gasteiger charge is -2.21. The van der Waals surface area contributed by atoms with Gasteiger partial charge in [-0.05, 0) is 42.6 Å². The molecule has 20 heavy (non-hydrogen) atoms. The molecule has 1 nitrogen and oxygen atoms in total. The van der Waals surface area contributed by atoms with E-state index >= 15 is 0 Å². The van der Waals surface area contributed by atoms with Gasteiger partial charge in [-0.3, -0.25) is 0 Å². The van der Waals surface area contributed by atoms with Crippen molar-refractivity contribution in [3.05, 3.63) is 70.8 Å². The summed E-state index contributed by atoms with van der Waals surface area (Å²) in [5.74, 6) is -1.54. The first-order valence-electron chi connectivity index (χ1n) is 6.85. The molecule has 1 atom stereocenters. The average Bonchev–Trinajstić information content (AvgIpc) is 2.44. The lowest BCUT2D eigenvalue weighted by atomic mass is 9.95. The SMILES string of the molecule is CCNC(Cc1cccc(F)c1F)c1ccccc1C. The predicted molar refractivity (Wildman–Crippen MR) is 77.7 cm³/mol. The van der Waals surface area contributed by atoms with E-state index in [9.17, 15) is 8.78 Å². The Hall–Kier alpha value is -1.74. The van der Waals surface area contributed by atoms with Crippen LogP contribution in [0.5, 0.6) is 0 Å². The molecule has 0 amide bonds. The van der Waals surface area contributed by atoms with Crippen LogP contribution in [0, 0.1) is 18.6 Å². The summed E-state index contributed by atoms with van der Waals surface area (Å²) in [5.41, 5.74) is 2.67. The molecule has 0 spiro atoms. The van der Waals surface area contributed by atoms with Crippen LogP contribution in [0.15, 0.2) is 42.5 Å². The van der Waals surface area contributed by atoms with Crippen molar-refractivity contribution < 1.29 is 8.78 Å². The van der Waals surface area contributed by atoms with E-state index in [2.05, 4.69) is 5.32 Å². The van der Waals surface area contributed by atoms with E-state index in [1.54, 1.807) is 12.1 Å². The monoisotopic (exact) mass is 275 g/mol. The average molecular weight is 275 g/mol. The van der Waals surface area contributed by atoms with Gasteiger partial charge in [0.05, 0.1) is 0 Å². The second kappa shape index (κ2) is 6.62. The number of benzene rings is 2. The Bertz CT molecular complexity index is 581. The van der Waals surface area contributed by atoms with Crippen molar-refractivity contribution in [1.82, 2.24) is 5.32 Å². The lowest BCUT2D eigenvalue weighted by Crippen LogP contribution is -2.24. The maximum atomic E-state index is 13.8. The minimum Gasteiger partial charge on any atom is -0.310 e.